The molecule has 1 aromatic rings. The number of ether oxygens (including phenoxy) is 2. The summed E-state index contributed by atoms with van der Waals surface area (Å²) in [4.78, 5) is 11.4. The van der Waals surface area contributed by atoms with Crippen LogP contribution in [0, 0.1) is 0 Å². The molecule has 7 heteroatoms. The number of esters is 1. The van der Waals surface area contributed by atoms with E-state index in [0.29, 0.717) is 5.56 Å². The molecular formula is C13H12Cl2F2O3. The Morgan fingerprint density at radius 2 is 1.80 bits per heavy atom. The second-order valence-corrected chi connectivity index (χ2v) is 4.75. The second kappa shape index (κ2) is 6.90. The molecule has 0 aliphatic carbocycles. The predicted octanol–water partition coefficient (Wildman–Crippen LogP) is 4.43. The van der Waals surface area contributed by atoms with Crippen molar-refractivity contribution in [3.05, 3.63) is 39.9 Å². The molecule has 0 bridgehead atoms. The number of hydrogen-bond acceptors (Lipinski definition) is 3. The van der Waals surface area contributed by atoms with Crippen molar-refractivity contribution in [2.24, 2.45) is 0 Å². The van der Waals surface area contributed by atoms with E-state index in [1.165, 1.54) is 19.2 Å². The summed E-state index contributed by atoms with van der Waals surface area (Å²) >= 11 is 11.7. The molecule has 0 aliphatic rings. The van der Waals surface area contributed by atoms with Crippen molar-refractivity contribution in [3.8, 4) is 5.75 Å². The standard InChI is InChI=1S/C13H12Cl2F2O3/c1-6(7(2)12(18)19-3)8-4-9(14)11(10(15)5-8)20-13(16)17/h4-6,13H,2H2,1,3H3. The predicted molar refractivity (Wildman–Crippen MR) is 72.7 cm³/mol. The first-order valence-corrected chi connectivity index (χ1v) is 6.24. The van der Waals surface area contributed by atoms with Gasteiger partial charge in [-0.1, -0.05) is 36.7 Å². The number of halogens is 4. The summed E-state index contributed by atoms with van der Waals surface area (Å²) in [5, 5.41) is -0.144. The van der Waals surface area contributed by atoms with Crippen LogP contribution >= 0.6 is 23.2 Å². The quantitative estimate of drug-likeness (QED) is 0.593. The topological polar surface area (TPSA) is 35.5 Å². The lowest BCUT2D eigenvalue weighted by Gasteiger charge is -2.16. The van der Waals surface area contributed by atoms with Gasteiger partial charge in [0, 0.05) is 11.5 Å². The van der Waals surface area contributed by atoms with Crippen LogP contribution in [0.15, 0.2) is 24.3 Å². The van der Waals surface area contributed by atoms with E-state index >= 15 is 0 Å². The molecule has 1 rings (SSSR count). The molecule has 0 aliphatic heterocycles. The molecule has 110 valence electrons. The Morgan fingerprint density at radius 1 is 1.30 bits per heavy atom. The Balaban J connectivity index is 3.10. The van der Waals surface area contributed by atoms with Crippen LogP contribution in [0.2, 0.25) is 10.0 Å². The molecule has 0 spiro atoms. The van der Waals surface area contributed by atoms with Crippen LogP contribution in [-0.2, 0) is 9.53 Å². The van der Waals surface area contributed by atoms with Crippen LogP contribution < -0.4 is 4.74 Å². The van der Waals surface area contributed by atoms with Crippen molar-refractivity contribution >= 4 is 29.2 Å². The van der Waals surface area contributed by atoms with Gasteiger partial charge >= 0.3 is 12.6 Å². The highest BCUT2D eigenvalue weighted by Gasteiger charge is 2.21. The zero-order chi connectivity index (χ0) is 15.4. The van der Waals surface area contributed by atoms with Gasteiger partial charge in [-0.2, -0.15) is 8.78 Å². The fraction of sp³-hybridized carbons (Fsp3) is 0.308. The fourth-order valence-electron chi connectivity index (χ4n) is 1.54. The van der Waals surface area contributed by atoms with E-state index in [0.717, 1.165) is 0 Å². The first-order valence-electron chi connectivity index (χ1n) is 5.48. The average molecular weight is 325 g/mol. The highest BCUT2D eigenvalue weighted by atomic mass is 35.5. The van der Waals surface area contributed by atoms with Crippen molar-refractivity contribution in [2.75, 3.05) is 7.11 Å². The minimum absolute atomic E-state index is 0.0719. The largest absolute Gasteiger partial charge is 0.466 e. The zero-order valence-corrected chi connectivity index (χ0v) is 12.3. The molecule has 0 saturated carbocycles. The van der Waals surface area contributed by atoms with E-state index in [1.54, 1.807) is 6.92 Å². The summed E-state index contributed by atoms with van der Waals surface area (Å²) in [6.45, 7) is 2.28. The molecule has 0 saturated heterocycles. The summed E-state index contributed by atoms with van der Waals surface area (Å²) in [7, 11) is 1.24. The van der Waals surface area contributed by atoms with Crippen LogP contribution in [0.5, 0.6) is 5.75 Å². The summed E-state index contributed by atoms with van der Waals surface area (Å²) in [6.07, 6.45) is 0. The second-order valence-electron chi connectivity index (χ2n) is 3.93. The number of carbonyl (C=O) groups is 1. The Hall–Kier alpha value is -1.33. The Morgan fingerprint density at radius 3 is 2.20 bits per heavy atom. The third-order valence-corrected chi connectivity index (χ3v) is 3.26. The highest BCUT2D eigenvalue weighted by molar-refractivity contribution is 6.37. The third-order valence-electron chi connectivity index (χ3n) is 2.70. The van der Waals surface area contributed by atoms with Crippen LogP contribution in [-0.4, -0.2) is 19.7 Å². The van der Waals surface area contributed by atoms with Crippen molar-refractivity contribution < 1.29 is 23.0 Å². The third kappa shape index (κ3) is 3.84. The summed E-state index contributed by atoms with van der Waals surface area (Å²) < 4.78 is 33.2. The van der Waals surface area contributed by atoms with Gasteiger partial charge in [-0.15, -0.1) is 0 Å². The molecule has 0 radical (unpaired) electrons. The smallest absolute Gasteiger partial charge is 0.387 e. The number of alkyl halides is 2. The van der Waals surface area contributed by atoms with Crippen molar-refractivity contribution in [1.29, 1.82) is 0 Å². The van der Waals surface area contributed by atoms with Crippen LogP contribution in [0.25, 0.3) is 0 Å². The minimum atomic E-state index is -3.03. The molecule has 0 fully saturated rings. The Bertz CT molecular complexity index is 509. The van der Waals surface area contributed by atoms with Gasteiger partial charge < -0.3 is 9.47 Å². The lowest BCUT2D eigenvalue weighted by atomic mass is 9.94. The van der Waals surface area contributed by atoms with Crippen LogP contribution in [0.3, 0.4) is 0 Å². The van der Waals surface area contributed by atoms with Gasteiger partial charge in [0.1, 0.15) is 0 Å². The van der Waals surface area contributed by atoms with E-state index in [4.69, 9.17) is 23.2 Å². The highest BCUT2D eigenvalue weighted by Crippen LogP contribution is 2.38. The van der Waals surface area contributed by atoms with E-state index in [-0.39, 0.29) is 21.4 Å². The number of benzene rings is 1. The maximum Gasteiger partial charge on any atom is 0.387 e. The SMILES string of the molecule is C=C(C(=O)OC)C(C)c1cc(Cl)c(OC(F)F)c(Cl)c1. The van der Waals surface area contributed by atoms with Gasteiger partial charge in [-0.3, -0.25) is 0 Å². The maximum atomic E-state index is 12.2. The summed E-state index contributed by atoms with van der Waals surface area (Å²) in [6, 6.07) is 2.79. The number of methoxy groups -OCH3 is 1. The molecule has 0 heterocycles. The molecule has 0 aromatic heterocycles. The zero-order valence-electron chi connectivity index (χ0n) is 10.8. The van der Waals surface area contributed by atoms with E-state index in [1.807, 2.05) is 0 Å². The Labute approximate surface area is 125 Å². The molecular weight excluding hydrogens is 313 g/mol. The van der Waals surface area contributed by atoms with Crippen LogP contribution in [0.4, 0.5) is 8.78 Å². The lowest BCUT2D eigenvalue weighted by molar-refractivity contribution is -0.136. The van der Waals surface area contributed by atoms with E-state index < -0.39 is 18.5 Å². The number of hydrogen-bond donors (Lipinski definition) is 0. The monoisotopic (exact) mass is 324 g/mol. The average Bonchev–Trinajstić information content (AvgIpc) is 2.39. The minimum Gasteiger partial charge on any atom is -0.466 e. The molecule has 20 heavy (non-hydrogen) atoms. The molecule has 0 N–H and O–H groups in total. The Kier molecular flexibility index (Phi) is 5.77. The first kappa shape index (κ1) is 16.7. The number of carbonyl (C=O) groups excluding carboxylic acids is 1. The molecule has 1 aromatic carbocycles. The molecule has 3 nitrogen and oxygen atoms in total. The van der Waals surface area contributed by atoms with Gasteiger partial charge in [0.05, 0.1) is 17.2 Å². The number of rotatable bonds is 5. The van der Waals surface area contributed by atoms with Gasteiger partial charge in [0.2, 0.25) is 0 Å². The first-order chi connectivity index (χ1) is 9.27. The van der Waals surface area contributed by atoms with Crippen molar-refractivity contribution in [3.63, 3.8) is 0 Å². The summed E-state index contributed by atoms with van der Waals surface area (Å²) in [5.74, 6) is -1.31. The van der Waals surface area contributed by atoms with Crippen molar-refractivity contribution in [2.45, 2.75) is 19.5 Å². The van der Waals surface area contributed by atoms with E-state index in [2.05, 4.69) is 16.1 Å². The molecule has 0 amide bonds. The van der Waals surface area contributed by atoms with Gasteiger partial charge in [0.25, 0.3) is 0 Å². The fourth-order valence-corrected chi connectivity index (χ4v) is 2.13. The van der Waals surface area contributed by atoms with Gasteiger partial charge in [-0.05, 0) is 17.7 Å². The normalized spacial score (nSPS) is 12.2. The molecule has 1 unspecified atom stereocenters. The lowest BCUT2D eigenvalue weighted by Crippen LogP contribution is -2.10. The maximum absolute atomic E-state index is 12.2. The van der Waals surface area contributed by atoms with Gasteiger partial charge in [0.15, 0.2) is 5.75 Å². The summed E-state index contributed by atoms with van der Waals surface area (Å²) in [5.41, 5.74) is 0.735. The van der Waals surface area contributed by atoms with Crippen LogP contribution in [0.1, 0.15) is 18.4 Å². The van der Waals surface area contributed by atoms with E-state index in [9.17, 15) is 13.6 Å². The van der Waals surface area contributed by atoms with Gasteiger partial charge in [-0.25, -0.2) is 4.79 Å². The van der Waals surface area contributed by atoms with Crippen molar-refractivity contribution in [1.82, 2.24) is 0 Å². The molecule has 1 atom stereocenters.